The van der Waals surface area contributed by atoms with Gasteiger partial charge in [0.05, 0.1) is 11.2 Å². The summed E-state index contributed by atoms with van der Waals surface area (Å²) in [5, 5.41) is 3.31. The smallest absolute Gasteiger partial charge is 0.235 e. The van der Waals surface area contributed by atoms with Crippen LogP contribution in [0.25, 0.3) is 22.2 Å². The Morgan fingerprint density at radius 3 is 2.38 bits per heavy atom. The zero-order valence-corrected chi connectivity index (χ0v) is 17.2. The van der Waals surface area contributed by atoms with Crippen LogP contribution in [0.3, 0.4) is 0 Å². The Hall–Kier alpha value is -3.29. The normalized spacial score (nSPS) is 21.2. The number of fused-ring (bicyclic) bond motifs is 1. The van der Waals surface area contributed by atoms with Crippen molar-refractivity contribution in [3.8, 4) is 11.3 Å². The Bertz CT molecular complexity index is 1230. The highest BCUT2D eigenvalue weighted by atomic mass is 19.1. The molecule has 0 bridgehead atoms. The first-order valence-corrected chi connectivity index (χ1v) is 10.6. The van der Waals surface area contributed by atoms with E-state index in [1.807, 2.05) is 0 Å². The number of carbonyl (C=O) groups excluding carboxylic acids is 2. The molecule has 32 heavy (non-hydrogen) atoms. The summed E-state index contributed by atoms with van der Waals surface area (Å²) in [5.41, 5.74) is 6.63. The zero-order valence-electron chi connectivity index (χ0n) is 17.2. The monoisotopic (exact) mass is 441 g/mol. The van der Waals surface area contributed by atoms with Crippen LogP contribution >= 0.6 is 0 Å². The van der Waals surface area contributed by atoms with Crippen LogP contribution in [0.15, 0.2) is 36.4 Å². The standard InChI is InChI=1S/C24H22F3N3O2/c25-15-3-1-13(2-4-15)20-19(17-9-16(26)10-18(27)21(17)30-20)14-7-12(8-14)11-29-23(32)24(5-6-24)22(28)31/h1-4,9-10,12,14,30H,5-8,11H2,(H2,28,31)(H,29,32)/t12-,14-. The van der Waals surface area contributed by atoms with Crippen molar-refractivity contribution in [2.75, 3.05) is 6.54 Å². The van der Waals surface area contributed by atoms with Gasteiger partial charge in [-0.3, -0.25) is 9.59 Å². The second-order valence-corrected chi connectivity index (χ2v) is 8.92. The van der Waals surface area contributed by atoms with Gasteiger partial charge in [0.1, 0.15) is 22.9 Å². The minimum absolute atomic E-state index is 0.0259. The molecule has 0 aliphatic heterocycles. The maximum absolute atomic E-state index is 14.5. The number of aromatic amines is 1. The van der Waals surface area contributed by atoms with E-state index >= 15 is 0 Å². The predicted molar refractivity (Wildman–Crippen MR) is 113 cm³/mol. The first-order chi connectivity index (χ1) is 15.3. The van der Waals surface area contributed by atoms with Crippen LogP contribution in [0, 0.1) is 28.8 Å². The van der Waals surface area contributed by atoms with Crippen LogP contribution in [0.1, 0.15) is 37.2 Å². The van der Waals surface area contributed by atoms with E-state index in [4.69, 9.17) is 5.73 Å². The van der Waals surface area contributed by atoms with Gasteiger partial charge in [-0.05, 0) is 79.0 Å². The molecule has 2 fully saturated rings. The summed E-state index contributed by atoms with van der Waals surface area (Å²) in [6.45, 7) is 0.418. The van der Waals surface area contributed by atoms with Crippen LogP contribution < -0.4 is 11.1 Å². The van der Waals surface area contributed by atoms with E-state index in [1.165, 1.54) is 18.2 Å². The lowest BCUT2D eigenvalue weighted by atomic mass is 9.70. The lowest BCUT2D eigenvalue weighted by Crippen LogP contribution is -2.43. The molecular formula is C24H22F3N3O2. The van der Waals surface area contributed by atoms with Gasteiger partial charge in [0.15, 0.2) is 0 Å². The SMILES string of the molecule is NC(=O)C1(C(=O)NC[C@H]2C[C@H](c3c(-c4ccc(F)cc4)[nH]c4c(F)cc(F)cc43)C2)CC1. The molecule has 2 aliphatic carbocycles. The second kappa shape index (κ2) is 7.39. The van der Waals surface area contributed by atoms with E-state index in [0.29, 0.717) is 48.9 Å². The molecule has 4 N–H and O–H groups in total. The molecule has 2 amide bonds. The maximum atomic E-state index is 14.5. The third kappa shape index (κ3) is 3.34. The number of halogens is 3. The van der Waals surface area contributed by atoms with Gasteiger partial charge in [0, 0.05) is 18.0 Å². The largest absolute Gasteiger partial charge is 0.369 e. The highest BCUT2D eigenvalue weighted by Gasteiger charge is 2.55. The molecule has 0 spiro atoms. The summed E-state index contributed by atoms with van der Waals surface area (Å²) in [5.74, 6) is -2.43. The molecular weight excluding hydrogens is 419 g/mol. The molecule has 166 valence electrons. The average Bonchev–Trinajstić information content (AvgIpc) is 3.45. The van der Waals surface area contributed by atoms with Gasteiger partial charge in [-0.2, -0.15) is 0 Å². The van der Waals surface area contributed by atoms with E-state index < -0.39 is 23.0 Å². The number of primary amides is 1. The van der Waals surface area contributed by atoms with E-state index in [0.717, 1.165) is 11.6 Å². The van der Waals surface area contributed by atoms with Gasteiger partial charge >= 0.3 is 0 Å². The number of H-pyrrole nitrogens is 1. The van der Waals surface area contributed by atoms with E-state index in [-0.39, 0.29) is 29.1 Å². The summed E-state index contributed by atoms with van der Waals surface area (Å²) in [6, 6.07) is 8.01. The van der Waals surface area contributed by atoms with Gasteiger partial charge in [0.25, 0.3) is 0 Å². The minimum Gasteiger partial charge on any atom is -0.369 e. The van der Waals surface area contributed by atoms with Crippen molar-refractivity contribution >= 4 is 22.7 Å². The average molecular weight is 441 g/mol. The Morgan fingerprint density at radius 1 is 1.06 bits per heavy atom. The Kier molecular flexibility index (Phi) is 4.76. The van der Waals surface area contributed by atoms with E-state index in [1.54, 1.807) is 12.1 Å². The molecule has 5 nitrogen and oxygen atoms in total. The Balaban J connectivity index is 1.38. The molecule has 5 rings (SSSR count). The predicted octanol–water partition coefficient (Wildman–Crippen LogP) is 4.13. The third-order valence-corrected chi connectivity index (χ3v) is 6.85. The fourth-order valence-electron chi connectivity index (χ4n) is 4.76. The zero-order chi connectivity index (χ0) is 22.6. The van der Waals surface area contributed by atoms with Crippen molar-refractivity contribution in [1.29, 1.82) is 0 Å². The highest BCUT2D eigenvalue weighted by molar-refractivity contribution is 6.07. The third-order valence-electron chi connectivity index (χ3n) is 6.85. The molecule has 0 saturated heterocycles. The summed E-state index contributed by atoms with van der Waals surface area (Å²) in [7, 11) is 0. The molecule has 3 aromatic rings. The highest BCUT2D eigenvalue weighted by Crippen LogP contribution is 2.49. The van der Waals surface area contributed by atoms with Crippen LogP contribution in [-0.4, -0.2) is 23.3 Å². The summed E-state index contributed by atoms with van der Waals surface area (Å²) >= 11 is 0. The molecule has 2 aromatic carbocycles. The van der Waals surface area contributed by atoms with Crippen molar-refractivity contribution in [3.05, 3.63) is 59.4 Å². The number of aromatic nitrogens is 1. The molecule has 2 aliphatic rings. The first kappa shape index (κ1) is 20.6. The van der Waals surface area contributed by atoms with Crippen molar-refractivity contribution < 1.29 is 22.8 Å². The van der Waals surface area contributed by atoms with E-state index in [2.05, 4.69) is 10.3 Å². The number of amides is 2. The van der Waals surface area contributed by atoms with Crippen molar-refractivity contribution in [3.63, 3.8) is 0 Å². The maximum Gasteiger partial charge on any atom is 0.235 e. The number of hydrogen-bond donors (Lipinski definition) is 3. The van der Waals surface area contributed by atoms with Crippen LogP contribution in [0.2, 0.25) is 0 Å². The molecule has 0 atom stereocenters. The lowest BCUT2D eigenvalue weighted by Gasteiger charge is -2.36. The number of nitrogens with two attached hydrogens (primary N) is 1. The number of rotatable bonds is 6. The van der Waals surface area contributed by atoms with Gasteiger partial charge in [0.2, 0.25) is 11.8 Å². The number of carbonyl (C=O) groups is 2. The molecule has 8 heteroatoms. The van der Waals surface area contributed by atoms with Crippen molar-refractivity contribution in [2.45, 2.75) is 31.6 Å². The van der Waals surface area contributed by atoms with Crippen LogP contribution in [0.5, 0.6) is 0 Å². The number of nitrogens with one attached hydrogen (secondary N) is 2. The Labute approximate surface area is 182 Å². The van der Waals surface area contributed by atoms with Gasteiger partial charge in [-0.1, -0.05) is 0 Å². The molecule has 2 saturated carbocycles. The van der Waals surface area contributed by atoms with Crippen molar-refractivity contribution in [1.82, 2.24) is 10.3 Å². The van der Waals surface area contributed by atoms with Crippen LogP contribution in [-0.2, 0) is 9.59 Å². The number of hydrogen-bond acceptors (Lipinski definition) is 2. The molecule has 1 aromatic heterocycles. The molecule has 1 heterocycles. The minimum atomic E-state index is -1.05. The first-order valence-electron chi connectivity index (χ1n) is 10.6. The fraction of sp³-hybridized carbons (Fsp3) is 0.333. The summed E-state index contributed by atoms with van der Waals surface area (Å²) in [6.07, 6.45) is 2.39. The topological polar surface area (TPSA) is 88.0 Å². The quantitative estimate of drug-likeness (QED) is 0.503. The number of benzene rings is 2. The van der Waals surface area contributed by atoms with Crippen LogP contribution in [0.4, 0.5) is 13.2 Å². The van der Waals surface area contributed by atoms with E-state index in [9.17, 15) is 22.8 Å². The molecule has 0 unspecified atom stereocenters. The summed E-state index contributed by atoms with van der Waals surface area (Å²) < 4.78 is 41.9. The summed E-state index contributed by atoms with van der Waals surface area (Å²) in [4.78, 5) is 26.9. The Morgan fingerprint density at radius 2 is 1.75 bits per heavy atom. The van der Waals surface area contributed by atoms with Gasteiger partial charge in [-0.15, -0.1) is 0 Å². The second-order valence-electron chi connectivity index (χ2n) is 8.92. The molecule has 0 radical (unpaired) electrons. The lowest BCUT2D eigenvalue weighted by molar-refractivity contribution is -0.135. The van der Waals surface area contributed by atoms with Crippen molar-refractivity contribution in [2.24, 2.45) is 17.1 Å². The van der Waals surface area contributed by atoms with Gasteiger partial charge in [-0.25, -0.2) is 13.2 Å². The van der Waals surface area contributed by atoms with Gasteiger partial charge < -0.3 is 16.0 Å². The fourth-order valence-corrected chi connectivity index (χ4v) is 4.76.